The maximum absolute atomic E-state index is 5.88. The molecule has 0 amide bonds. The van der Waals surface area contributed by atoms with Crippen LogP contribution in [0.2, 0.25) is 0 Å². The van der Waals surface area contributed by atoms with Crippen LogP contribution >= 0.6 is 0 Å². The second-order valence-corrected chi connectivity index (χ2v) is 3.89. The predicted octanol–water partition coefficient (Wildman–Crippen LogP) is 1.20. The third kappa shape index (κ3) is 2.54. The van der Waals surface area contributed by atoms with E-state index in [1.165, 1.54) is 6.42 Å². The first-order chi connectivity index (χ1) is 7.29. The Labute approximate surface area is 89.0 Å². The highest BCUT2D eigenvalue weighted by Gasteiger charge is 2.21. The molecule has 0 radical (unpaired) electrons. The molecule has 1 heterocycles. The van der Waals surface area contributed by atoms with Crippen LogP contribution in [0.15, 0.2) is 4.52 Å². The lowest BCUT2D eigenvalue weighted by atomic mass is 9.96. The van der Waals surface area contributed by atoms with Crippen molar-refractivity contribution in [3.8, 4) is 0 Å². The molecule has 1 saturated carbocycles. The SMILES string of the molecule is CCc1nc(C(N)COC2CCC2)no1. The molecule has 1 aliphatic carbocycles. The van der Waals surface area contributed by atoms with Gasteiger partial charge in [0.05, 0.1) is 18.8 Å². The summed E-state index contributed by atoms with van der Waals surface area (Å²) in [5.41, 5.74) is 5.88. The lowest BCUT2D eigenvalue weighted by Gasteiger charge is -2.26. The van der Waals surface area contributed by atoms with E-state index in [1.807, 2.05) is 6.92 Å². The topological polar surface area (TPSA) is 74.2 Å². The van der Waals surface area contributed by atoms with Gasteiger partial charge in [-0.2, -0.15) is 4.98 Å². The summed E-state index contributed by atoms with van der Waals surface area (Å²) >= 11 is 0. The molecule has 0 saturated heterocycles. The van der Waals surface area contributed by atoms with Crippen molar-refractivity contribution in [1.29, 1.82) is 0 Å². The largest absolute Gasteiger partial charge is 0.376 e. The summed E-state index contributed by atoms with van der Waals surface area (Å²) in [7, 11) is 0. The van der Waals surface area contributed by atoms with Gasteiger partial charge in [-0.25, -0.2) is 0 Å². The number of hydrogen-bond donors (Lipinski definition) is 1. The Kier molecular flexibility index (Phi) is 3.33. The van der Waals surface area contributed by atoms with Crippen molar-refractivity contribution in [2.75, 3.05) is 6.61 Å². The van der Waals surface area contributed by atoms with Gasteiger partial charge in [0.15, 0.2) is 5.82 Å². The molecule has 1 aliphatic rings. The molecule has 0 aliphatic heterocycles. The van der Waals surface area contributed by atoms with Crippen LogP contribution in [-0.2, 0) is 11.2 Å². The molecule has 84 valence electrons. The van der Waals surface area contributed by atoms with E-state index in [-0.39, 0.29) is 6.04 Å². The van der Waals surface area contributed by atoms with Gasteiger partial charge in [0, 0.05) is 6.42 Å². The van der Waals surface area contributed by atoms with Gasteiger partial charge < -0.3 is 15.0 Å². The molecule has 1 fully saturated rings. The van der Waals surface area contributed by atoms with Gasteiger partial charge in [-0.15, -0.1) is 0 Å². The minimum Gasteiger partial charge on any atom is -0.376 e. The lowest BCUT2D eigenvalue weighted by Crippen LogP contribution is -2.27. The molecule has 5 nitrogen and oxygen atoms in total. The molecule has 0 aromatic carbocycles. The second kappa shape index (κ2) is 4.72. The molecular weight excluding hydrogens is 194 g/mol. The number of hydrogen-bond acceptors (Lipinski definition) is 5. The average Bonchev–Trinajstić information content (AvgIpc) is 2.63. The zero-order valence-corrected chi connectivity index (χ0v) is 8.98. The smallest absolute Gasteiger partial charge is 0.226 e. The average molecular weight is 211 g/mol. The highest BCUT2D eigenvalue weighted by atomic mass is 16.5. The van der Waals surface area contributed by atoms with Gasteiger partial charge in [-0.1, -0.05) is 12.1 Å². The number of aromatic nitrogens is 2. The van der Waals surface area contributed by atoms with Crippen LogP contribution in [0, 0.1) is 0 Å². The Balaban J connectivity index is 1.80. The van der Waals surface area contributed by atoms with Crippen LogP contribution in [0.1, 0.15) is 43.9 Å². The fourth-order valence-corrected chi connectivity index (χ4v) is 1.41. The summed E-state index contributed by atoms with van der Waals surface area (Å²) in [6.07, 6.45) is 4.71. The highest BCUT2D eigenvalue weighted by Crippen LogP contribution is 2.22. The second-order valence-electron chi connectivity index (χ2n) is 3.89. The predicted molar refractivity (Wildman–Crippen MR) is 54.2 cm³/mol. The third-order valence-electron chi connectivity index (χ3n) is 2.68. The van der Waals surface area contributed by atoms with Crippen LogP contribution in [0.3, 0.4) is 0 Å². The molecule has 0 spiro atoms. The van der Waals surface area contributed by atoms with Gasteiger partial charge in [0.25, 0.3) is 0 Å². The Morgan fingerprint density at radius 2 is 2.40 bits per heavy atom. The first kappa shape index (κ1) is 10.6. The van der Waals surface area contributed by atoms with E-state index in [0.717, 1.165) is 19.3 Å². The minimum atomic E-state index is -0.269. The molecule has 15 heavy (non-hydrogen) atoms. The maximum atomic E-state index is 5.88. The molecule has 5 heteroatoms. The van der Waals surface area contributed by atoms with Gasteiger partial charge in [0.2, 0.25) is 5.89 Å². The summed E-state index contributed by atoms with van der Waals surface area (Å²) in [5, 5.41) is 3.82. The van der Waals surface area contributed by atoms with Crippen molar-refractivity contribution in [2.45, 2.75) is 44.8 Å². The van der Waals surface area contributed by atoms with E-state index < -0.39 is 0 Å². The Hall–Kier alpha value is -0.940. The molecule has 1 atom stereocenters. The van der Waals surface area contributed by atoms with E-state index in [9.17, 15) is 0 Å². The monoisotopic (exact) mass is 211 g/mol. The van der Waals surface area contributed by atoms with Gasteiger partial charge in [-0.05, 0) is 19.3 Å². The van der Waals surface area contributed by atoms with Crippen molar-refractivity contribution in [3.05, 3.63) is 11.7 Å². The maximum Gasteiger partial charge on any atom is 0.226 e. The fourth-order valence-electron chi connectivity index (χ4n) is 1.41. The summed E-state index contributed by atoms with van der Waals surface area (Å²) in [6.45, 7) is 2.45. The quantitative estimate of drug-likeness (QED) is 0.792. The third-order valence-corrected chi connectivity index (χ3v) is 2.68. The van der Waals surface area contributed by atoms with Crippen molar-refractivity contribution in [3.63, 3.8) is 0 Å². The van der Waals surface area contributed by atoms with E-state index in [4.69, 9.17) is 15.0 Å². The van der Waals surface area contributed by atoms with Crippen LogP contribution in [-0.4, -0.2) is 22.9 Å². The van der Waals surface area contributed by atoms with E-state index in [1.54, 1.807) is 0 Å². The van der Waals surface area contributed by atoms with Crippen molar-refractivity contribution in [1.82, 2.24) is 10.1 Å². The normalized spacial score (nSPS) is 18.8. The molecule has 2 rings (SSSR count). The van der Waals surface area contributed by atoms with Crippen LogP contribution < -0.4 is 5.73 Å². The Morgan fingerprint density at radius 1 is 1.60 bits per heavy atom. The highest BCUT2D eigenvalue weighted by molar-refractivity contribution is 4.92. The first-order valence-electron chi connectivity index (χ1n) is 5.49. The van der Waals surface area contributed by atoms with E-state index >= 15 is 0 Å². The molecule has 2 N–H and O–H groups in total. The summed E-state index contributed by atoms with van der Waals surface area (Å²) in [4.78, 5) is 4.17. The molecule has 1 aromatic rings. The number of ether oxygens (including phenoxy) is 1. The van der Waals surface area contributed by atoms with Crippen molar-refractivity contribution >= 4 is 0 Å². The minimum absolute atomic E-state index is 0.269. The zero-order chi connectivity index (χ0) is 10.7. The summed E-state index contributed by atoms with van der Waals surface area (Å²) < 4.78 is 10.6. The summed E-state index contributed by atoms with van der Waals surface area (Å²) in [6, 6.07) is -0.269. The Bertz CT molecular complexity index is 309. The number of aryl methyl sites for hydroxylation is 1. The fraction of sp³-hybridized carbons (Fsp3) is 0.800. The number of rotatable bonds is 5. The Morgan fingerprint density at radius 3 is 2.93 bits per heavy atom. The van der Waals surface area contributed by atoms with Gasteiger partial charge >= 0.3 is 0 Å². The van der Waals surface area contributed by atoms with Crippen molar-refractivity contribution < 1.29 is 9.26 Å². The van der Waals surface area contributed by atoms with Gasteiger partial charge in [0.1, 0.15) is 0 Å². The standard InChI is InChI=1S/C10H17N3O2/c1-2-9-12-10(13-15-9)8(11)6-14-7-4-3-5-7/h7-8H,2-6,11H2,1H3. The van der Waals surface area contributed by atoms with Gasteiger partial charge in [-0.3, -0.25) is 0 Å². The van der Waals surface area contributed by atoms with E-state index in [2.05, 4.69) is 10.1 Å². The molecular formula is C10H17N3O2. The first-order valence-corrected chi connectivity index (χ1v) is 5.49. The van der Waals surface area contributed by atoms with E-state index in [0.29, 0.717) is 24.4 Å². The number of nitrogens with zero attached hydrogens (tertiary/aromatic N) is 2. The van der Waals surface area contributed by atoms with Crippen LogP contribution in [0.25, 0.3) is 0 Å². The molecule has 1 aromatic heterocycles. The summed E-state index contributed by atoms with van der Waals surface area (Å²) in [5.74, 6) is 1.18. The lowest BCUT2D eigenvalue weighted by molar-refractivity contribution is -0.00549. The van der Waals surface area contributed by atoms with Crippen LogP contribution in [0.4, 0.5) is 0 Å². The molecule has 1 unspecified atom stereocenters. The zero-order valence-electron chi connectivity index (χ0n) is 8.98. The van der Waals surface area contributed by atoms with Crippen molar-refractivity contribution in [2.24, 2.45) is 5.73 Å². The molecule has 0 bridgehead atoms. The van der Waals surface area contributed by atoms with Crippen LogP contribution in [0.5, 0.6) is 0 Å². The number of nitrogens with two attached hydrogens (primary N) is 1.